The molecule has 0 spiro atoms. The number of carbonyl (C=O) groups is 1. The van der Waals surface area contributed by atoms with Crippen molar-refractivity contribution < 1.29 is 22.7 Å². The quantitative estimate of drug-likeness (QED) is 0.719. The number of carbonyl (C=O) groups excluding carboxylic acids is 1. The Bertz CT molecular complexity index is 1020. The van der Waals surface area contributed by atoms with Crippen molar-refractivity contribution in [2.75, 3.05) is 5.32 Å². The summed E-state index contributed by atoms with van der Waals surface area (Å²) in [5.41, 5.74) is 0.108. The number of benzene rings is 2. The molecule has 9 heteroatoms. The monoisotopic (exact) mass is 428 g/mol. The maximum absolute atomic E-state index is 12.6. The fourth-order valence-corrected chi connectivity index (χ4v) is 3.40. The number of halogens is 3. The van der Waals surface area contributed by atoms with E-state index in [1.165, 1.54) is 24.3 Å². The number of nitrogens with zero attached hydrogens (tertiary/aromatic N) is 2. The van der Waals surface area contributed by atoms with Gasteiger partial charge in [0.15, 0.2) is 0 Å². The van der Waals surface area contributed by atoms with Crippen LogP contribution in [0.1, 0.15) is 42.4 Å². The van der Waals surface area contributed by atoms with E-state index in [9.17, 15) is 18.0 Å². The number of hydrogen-bond donors (Lipinski definition) is 2. The SMILES string of the molecule is N#Cc1ccc(NC(=O)NC2CCC(Oc3ccc(C(F)(F)F)cc3)CC2)cc1C#N. The van der Waals surface area contributed by atoms with E-state index >= 15 is 0 Å². The molecule has 0 heterocycles. The van der Waals surface area contributed by atoms with E-state index in [0.29, 0.717) is 37.1 Å². The summed E-state index contributed by atoms with van der Waals surface area (Å²) >= 11 is 0. The van der Waals surface area contributed by atoms with E-state index < -0.39 is 17.8 Å². The summed E-state index contributed by atoms with van der Waals surface area (Å²) in [6, 6.07) is 12.4. The van der Waals surface area contributed by atoms with Gasteiger partial charge in [0.25, 0.3) is 0 Å². The van der Waals surface area contributed by atoms with Crippen LogP contribution < -0.4 is 15.4 Å². The molecule has 31 heavy (non-hydrogen) atoms. The normalized spacial score (nSPS) is 18.4. The fraction of sp³-hybridized carbons (Fsp3) is 0.318. The van der Waals surface area contributed by atoms with Gasteiger partial charge in [-0.1, -0.05) is 0 Å². The van der Waals surface area contributed by atoms with E-state index in [0.717, 1.165) is 12.1 Å². The van der Waals surface area contributed by atoms with Gasteiger partial charge in [0.05, 0.1) is 22.8 Å². The Balaban J connectivity index is 1.46. The maximum Gasteiger partial charge on any atom is 0.416 e. The van der Waals surface area contributed by atoms with Crippen LogP contribution in [0.5, 0.6) is 5.75 Å². The minimum absolute atomic E-state index is 0.0683. The van der Waals surface area contributed by atoms with Crippen LogP contribution >= 0.6 is 0 Å². The molecule has 1 aliphatic rings. The Labute approximate surface area is 177 Å². The molecule has 0 unspecified atom stereocenters. The Morgan fingerprint density at radius 1 is 0.968 bits per heavy atom. The summed E-state index contributed by atoms with van der Waals surface area (Å²) in [6.07, 6.45) is -1.88. The van der Waals surface area contributed by atoms with Crippen LogP contribution in [0.3, 0.4) is 0 Å². The highest BCUT2D eigenvalue weighted by molar-refractivity contribution is 5.89. The first-order valence-electron chi connectivity index (χ1n) is 9.64. The summed E-state index contributed by atoms with van der Waals surface area (Å²) in [5, 5.41) is 23.5. The number of rotatable bonds is 4. The van der Waals surface area contributed by atoms with Gasteiger partial charge in [-0.3, -0.25) is 0 Å². The lowest BCUT2D eigenvalue weighted by Gasteiger charge is -2.29. The second-order valence-corrected chi connectivity index (χ2v) is 7.20. The number of urea groups is 1. The first-order chi connectivity index (χ1) is 14.8. The van der Waals surface area contributed by atoms with Crippen molar-refractivity contribution in [3.63, 3.8) is 0 Å². The number of nitriles is 2. The topological polar surface area (TPSA) is 97.9 Å². The van der Waals surface area contributed by atoms with E-state index in [1.54, 1.807) is 6.07 Å². The minimum atomic E-state index is -4.38. The van der Waals surface area contributed by atoms with Crippen molar-refractivity contribution in [1.82, 2.24) is 5.32 Å². The molecule has 0 bridgehead atoms. The minimum Gasteiger partial charge on any atom is -0.490 e. The fourth-order valence-electron chi connectivity index (χ4n) is 3.40. The smallest absolute Gasteiger partial charge is 0.416 e. The first-order valence-corrected chi connectivity index (χ1v) is 9.64. The highest BCUT2D eigenvalue weighted by Gasteiger charge is 2.30. The lowest BCUT2D eigenvalue weighted by atomic mass is 9.93. The molecule has 6 nitrogen and oxygen atoms in total. The van der Waals surface area contributed by atoms with E-state index in [1.807, 2.05) is 12.1 Å². The molecule has 1 fully saturated rings. The Morgan fingerprint density at radius 2 is 1.61 bits per heavy atom. The average molecular weight is 428 g/mol. The van der Waals surface area contributed by atoms with Gasteiger partial charge in [0, 0.05) is 11.7 Å². The van der Waals surface area contributed by atoms with Crippen molar-refractivity contribution in [2.24, 2.45) is 0 Å². The third-order valence-electron chi connectivity index (χ3n) is 5.01. The molecule has 1 saturated carbocycles. The van der Waals surface area contributed by atoms with Crippen LogP contribution in [0.4, 0.5) is 23.7 Å². The van der Waals surface area contributed by atoms with Crippen molar-refractivity contribution in [3.8, 4) is 17.9 Å². The molecule has 0 atom stereocenters. The molecule has 1 aliphatic carbocycles. The Hall–Kier alpha value is -3.72. The maximum atomic E-state index is 12.6. The van der Waals surface area contributed by atoms with Crippen molar-refractivity contribution in [1.29, 1.82) is 10.5 Å². The zero-order valence-electron chi connectivity index (χ0n) is 16.4. The van der Waals surface area contributed by atoms with Gasteiger partial charge in [-0.05, 0) is 68.1 Å². The predicted octanol–water partition coefficient (Wildman–Crippen LogP) is 4.96. The molecule has 2 aromatic carbocycles. The van der Waals surface area contributed by atoms with Crippen LogP contribution in [-0.4, -0.2) is 18.2 Å². The molecule has 2 aromatic rings. The van der Waals surface area contributed by atoms with Crippen molar-refractivity contribution in [2.45, 2.75) is 44.0 Å². The van der Waals surface area contributed by atoms with Crippen LogP contribution in [0.15, 0.2) is 42.5 Å². The summed E-state index contributed by atoms with van der Waals surface area (Å²) in [6.45, 7) is 0. The van der Waals surface area contributed by atoms with E-state index in [2.05, 4.69) is 10.6 Å². The third kappa shape index (κ3) is 5.89. The van der Waals surface area contributed by atoms with Crippen LogP contribution in [-0.2, 0) is 6.18 Å². The zero-order valence-corrected chi connectivity index (χ0v) is 16.4. The second kappa shape index (κ2) is 9.40. The zero-order chi connectivity index (χ0) is 22.4. The third-order valence-corrected chi connectivity index (χ3v) is 5.01. The number of ether oxygens (including phenoxy) is 1. The van der Waals surface area contributed by atoms with Gasteiger partial charge in [-0.2, -0.15) is 23.7 Å². The van der Waals surface area contributed by atoms with E-state index in [-0.39, 0.29) is 23.3 Å². The highest BCUT2D eigenvalue weighted by atomic mass is 19.4. The molecule has 0 radical (unpaired) electrons. The Morgan fingerprint density at radius 3 is 2.19 bits per heavy atom. The summed E-state index contributed by atoms with van der Waals surface area (Å²) in [4.78, 5) is 12.2. The van der Waals surface area contributed by atoms with Crippen LogP contribution in [0, 0.1) is 22.7 Å². The molecule has 0 aliphatic heterocycles. The van der Waals surface area contributed by atoms with Gasteiger partial charge in [0.2, 0.25) is 0 Å². The van der Waals surface area contributed by atoms with Gasteiger partial charge in [-0.15, -0.1) is 0 Å². The number of amides is 2. The molecule has 3 rings (SSSR count). The standard InChI is InChI=1S/C22H19F3N4O2/c23-22(24,25)16-2-7-19(8-3-16)31-20-9-5-17(6-10-20)28-21(30)29-18-4-1-14(12-26)15(11-18)13-27/h1-4,7-8,11,17,20H,5-6,9-10H2,(H2,28,29,30). The van der Waals surface area contributed by atoms with E-state index in [4.69, 9.17) is 15.3 Å². The van der Waals surface area contributed by atoms with Crippen LogP contribution in [0.2, 0.25) is 0 Å². The predicted molar refractivity (Wildman–Crippen MR) is 106 cm³/mol. The Kier molecular flexibility index (Phi) is 6.66. The number of anilines is 1. The van der Waals surface area contributed by atoms with Gasteiger partial charge in [0.1, 0.15) is 17.9 Å². The second-order valence-electron chi connectivity index (χ2n) is 7.20. The summed E-state index contributed by atoms with van der Waals surface area (Å²) in [7, 11) is 0. The van der Waals surface area contributed by atoms with Gasteiger partial charge >= 0.3 is 12.2 Å². The number of nitrogens with one attached hydrogen (secondary N) is 2. The van der Waals surface area contributed by atoms with Gasteiger partial charge < -0.3 is 15.4 Å². The summed E-state index contributed by atoms with van der Waals surface area (Å²) in [5.74, 6) is 0.385. The largest absolute Gasteiger partial charge is 0.490 e. The molecule has 0 saturated heterocycles. The van der Waals surface area contributed by atoms with Crippen molar-refractivity contribution >= 4 is 11.7 Å². The van der Waals surface area contributed by atoms with Crippen molar-refractivity contribution in [3.05, 3.63) is 59.2 Å². The lowest BCUT2D eigenvalue weighted by molar-refractivity contribution is -0.137. The van der Waals surface area contributed by atoms with Crippen LogP contribution in [0.25, 0.3) is 0 Å². The van der Waals surface area contributed by atoms with Gasteiger partial charge in [-0.25, -0.2) is 4.79 Å². The average Bonchev–Trinajstić information content (AvgIpc) is 2.74. The summed E-state index contributed by atoms with van der Waals surface area (Å²) < 4.78 is 43.6. The lowest BCUT2D eigenvalue weighted by Crippen LogP contribution is -2.41. The molecular weight excluding hydrogens is 409 g/mol. The number of hydrogen-bond acceptors (Lipinski definition) is 4. The molecular formula is C22H19F3N4O2. The highest BCUT2D eigenvalue weighted by Crippen LogP contribution is 2.31. The molecule has 2 amide bonds. The molecule has 160 valence electrons. The first kappa shape index (κ1) is 22.0. The molecule has 2 N–H and O–H groups in total. The number of alkyl halides is 3. The molecule has 0 aromatic heterocycles.